The van der Waals surface area contributed by atoms with Crippen molar-refractivity contribution in [3.05, 3.63) is 27.2 Å². The average Bonchev–Trinajstić information content (AvgIpc) is 2.83. The van der Waals surface area contributed by atoms with Crippen LogP contribution in [0.5, 0.6) is 0 Å². The second-order valence-electron chi connectivity index (χ2n) is 3.68. The van der Waals surface area contributed by atoms with E-state index in [0.717, 1.165) is 4.88 Å². The molecule has 0 fully saturated rings. The van der Waals surface area contributed by atoms with Gasteiger partial charge in [-0.1, -0.05) is 0 Å². The average molecular weight is 251 g/mol. The Hall–Kier alpha value is -1.89. The number of nitrogens with two attached hydrogens (primary N) is 1. The maximum Gasteiger partial charge on any atom is 0.288 e. The fourth-order valence-electron chi connectivity index (χ4n) is 1.36. The number of aromatic nitrogens is 3. The van der Waals surface area contributed by atoms with Crippen LogP contribution in [0.4, 0.5) is 5.95 Å². The number of carbonyl (C=O) groups excluding carboxylic acids is 1. The second-order valence-corrected chi connectivity index (χ2v) is 5.02. The molecule has 0 aliphatic carbocycles. The Morgan fingerprint density at radius 1 is 1.59 bits per heavy atom. The largest absolute Gasteiger partial charge is 0.366 e. The van der Waals surface area contributed by atoms with Gasteiger partial charge in [0, 0.05) is 9.75 Å². The van der Waals surface area contributed by atoms with Crippen LogP contribution in [0.1, 0.15) is 25.9 Å². The quantitative estimate of drug-likeness (QED) is 0.758. The number of aromatic amines is 1. The van der Waals surface area contributed by atoms with Crippen molar-refractivity contribution in [2.75, 3.05) is 5.73 Å². The third-order valence-corrected chi connectivity index (χ3v) is 3.51. The van der Waals surface area contributed by atoms with Gasteiger partial charge in [0.15, 0.2) is 0 Å². The molecule has 0 bridgehead atoms. The summed E-state index contributed by atoms with van der Waals surface area (Å²) in [7, 11) is 0. The number of nitrogen functional groups attached to an aromatic ring is 1. The number of hydrogen-bond donors (Lipinski definition) is 3. The number of carbonyl (C=O) groups is 1. The van der Waals surface area contributed by atoms with Gasteiger partial charge in [0.2, 0.25) is 11.8 Å². The van der Waals surface area contributed by atoms with Crippen molar-refractivity contribution in [1.29, 1.82) is 0 Å². The molecule has 2 aromatic rings. The van der Waals surface area contributed by atoms with Crippen molar-refractivity contribution in [2.45, 2.75) is 20.4 Å². The fraction of sp³-hybridized carbons (Fsp3) is 0.300. The van der Waals surface area contributed by atoms with E-state index in [-0.39, 0.29) is 17.7 Å². The van der Waals surface area contributed by atoms with E-state index in [4.69, 9.17) is 5.73 Å². The third kappa shape index (κ3) is 2.62. The summed E-state index contributed by atoms with van der Waals surface area (Å²) < 4.78 is 0. The van der Waals surface area contributed by atoms with Gasteiger partial charge in [0.1, 0.15) is 0 Å². The van der Waals surface area contributed by atoms with Crippen LogP contribution in [0, 0.1) is 13.8 Å². The third-order valence-electron chi connectivity index (χ3n) is 2.36. The molecule has 0 saturated heterocycles. The molecule has 0 unspecified atom stereocenters. The molecule has 6 nitrogen and oxygen atoms in total. The van der Waals surface area contributed by atoms with Crippen LogP contribution in [0.25, 0.3) is 0 Å². The number of hydrogen-bond acceptors (Lipinski definition) is 5. The predicted octanol–water partition coefficient (Wildman–Crippen LogP) is 0.995. The highest BCUT2D eigenvalue weighted by Gasteiger charge is 2.10. The molecule has 0 aliphatic heterocycles. The van der Waals surface area contributed by atoms with Crippen molar-refractivity contribution in [3.8, 4) is 0 Å². The Bertz CT molecular complexity index is 525. The van der Waals surface area contributed by atoms with Crippen molar-refractivity contribution in [1.82, 2.24) is 20.5 Å². The summed E-state index contributed by atoms with van der Waals surface area (Å²) in [5, 5.41) is 8.81. The van der Waals surface area contributed by atoms with Gasteiger partial charge in [-0.2, -0.15) is 4.98 Å². The summed E-state index contributed by atoms with van der Waals surface area (Å²) in [6.07, 6.45) is 0. The smallest absolute Gasteiger partial charge is 0.288 e. The molecule has 2 rings (SSSR count). The van der Waals surface area contributed by atoms with Gasteiger partial charge < -0.3 is 11.1 Å². The van der Waals surface area contributed by atoms with E-state index < -0.39 is 0 Å². The molecule has 0 aliphatic rings. The first kappa shape index (κ1) is 11.6. The number of anilines is 1. The molecule has 7 heteroatoms. The number of aryl methyl sites for hydroxylation is 2. The molecule has 1 amide bonds. The molecule has 90 valence electrons. The summed E-state index contributed by atoms with van der Waals surface area (Å²) >= 11 is 1.67. The second kappa shape index (κ2) is 4.54. The normalized spacial score (nSPS) is 10.5. The number of thiophene rings is 1. The van der Waals surface area contributed by atoms with Gasteiger partial charge in [0.05, 0.1) is 6.54 Å². The van der Waals surface area contributed by atoms with E-state index in [0.29, 0.717) is 6.54 Å². The molecule has 0 radical (unpaired) electrons. The molecule has 17 heavy (non-hydrogen) atoms. The summed E-state index contributed by atoms with van der Waals surface area (Å²) in [6.45, 7) is 4.59. The predicted molar refractivity (Wildman–Crippen MR) is 65.8 cm³/mol. The monoisotopic (exact) mass is 251 g/mol. The molecule has 0 atom stereocenters. The molecular weight excluding hydrogens is 238 g/mol. The van der Waals surface area contributed by atoms with Crippen LogP contribution in [0.15, 0.2) is 6.07 Å². The van der Waals surface area contributed by atoms with Crippen LogP contribution < -0.4 is 11.1 Å². The lowest BCUT2D eigenvalue weighted by Gasteiger charge is -1.99. The van der Waals surface area contributed by atoms with E-state index in [1.54, 1.807) is 11.3 Å². The van der Waals surface area contributed by atoms with Crippen LogP contribution in [-0.2, 0) is 6.54 Å². The zero-order valence-electron chi connectivity index (χ0n) is 9.57. The van der Waals surface area contributed by atoms with E-state index in [2.05, 4.69) is 33.5 Å². The van der Waals surface area contributed by atoms with Crippen LogP contribution >= 0.6 is 11.3 Å². The maximum absolute atomic E-state index is 11.6. The van der Waals surface area contributed by atoms with Gasteiger partial charge in [-0.05, 0) is 25.5 Å². The van der Waals surface area contributed by atoms with Crippen molar-refractivity contribution in [2.24, 2.45) is 0 Å². The van der Waals surface area contributed by atoms with E-state index in [9.17, 15) is 4.79 Å². The Morgan fingerprint density at radius 3 is 2.88 bits per heavy atom. The zero-order chi connectivity index (χ0) is 12.4. The molecule has 0 spiro atoms. The Kier molecular flexibility index (Phi) is 3.10. The minimum Gasteiger partial charge on any atom is -0.366 e. The van der Waals surface area contributed by atoms with Gasteiger partial charge in [0.25, 0.3) is 5.91 Å². The number of nitrogens with zero attached hydrogens (tertiary/aromatic N) is 2. The van der Waals surface area contributed by atoms with Crippen LogP contribution in [0.2, 0.25) is 0 Å². The first-order chi connectivity index (χ1) is 8.06. The lowest BCUT2D eigenvalue weighted by molar-refractivity contribution is 0.0941. The molecule has 0 saturated carbocycles. The highest BCUT2D eigenvalue weighted by atomic mass is 32.1. The zero-order valence-corrected chi connectivity index (χ0v) is 10.4. The van der Waals surface area contributed by atoms with Crippen molar-refractivity contribution >= 4 is 23.2 Å². The summed E-state index contributed by atoms with van der Waals surface area (Å²) in [4.78, 5) is 17.7. The summed E-state index contributed by atoms with van der Waals surface area (Å²) in [5.74, 6) is -0.108. The Balaban J connectivity index is 1.96. The van der Waals surface area contributed by atoms with Crippen LogP contribution in [-0.4, -0.2) is 21.1 Å². The van der Waals surface area contributed by atoms with Gasteiger partial charge >= 0.3 is 0 Å². The summed E-state index contributed by atoms with van der Waals surface area (Å²) in [5.41, 5.74) is 6.55. The Labute approximate surface area is 102 Å². The van der Waals surface area contributed by atoms with Gasteiger partial charge in [-0.25, -0.2) is 0 Å². The molecule has 2 heterocycles. The van der Waals surface area contributed by atoms with Gasteiger partial charge in [-0.15, -0.1) is 16.4 Å². The minimum atomic E-state index is -0.307. The maximum atomic E-state index is 11.6. The van der Waals surface area contributed by atoms with Crippen molar-refractivity contribution in [3.63, 3.8) is 0 Å². The highest BCUT2D eigenvalue weighted by molar-refractivity contribution is 7.12. The topological polar surface area (TPSA) is 96.7 Å². The molecule has 4 N–H and O–H groups in total. The van der Waals surface area contributed by atoms with E-state index in [1.807, 2.05) is 6.92 Å². The first-order valence-electron chi connectivity index (χ1n) is 5.08. The number of nitrogens with one attached hydrogen (secondary N) is 2. The lowest BCUT2D eigenvalue weighted by atomic mass is 10.3. The standard InChI is InChI=1S/C10H13N5OS/c1-5-3-7(17-6(5)2)4-12-9(16)8-13-10(11)15-14-8/h3H,4H2,1-2H3,(H,12,16)(H3,11,13,14,15). The lowest BCUT2D eigenvalue weighted by Crippen LogP contribution is -2.23. The molecule has 2 aromatic heterocycles. The molecular formula is C10H13N5OS. The van der Waals surface area contributed by atoms with E-state index >= 15 is 0 Å². The number of rotatable bonds is 3. The SMILES string of the molecule is Cc1cc(CNC(=O)c2nc(N)n[nH]2)sc1C. The van der Waals surface area contributed by atoms with Crippen molar-refractivity contribution < 1.29 is 4.79 Å². The first-order valence-corrected chi connectivity index (χ1v) is 5.90. The van der Waals surface area contributed by atoms with Crippen LogP contribution in [0.3, 0.4) is 0 Å². The Morgan fingerprint density at radius 2 is 2.35 bits per heavy atom. The number of H-pyrrole nitrogens is 1. The highest BCUT2D eigenvalue weighted by Crippen LogP contribution is 2.20. The fourth-order valence-corrected chi connectivity index (χ4v) is 2.36. The number of amides is 1. The van der Waals surface area contributed by atoms with Gasteiger partial charge in [-0.3, -0.25) is 9.89 Å². The molecule has 0 aromatic carbocycles. The van der Waals surface area contributed by atoms with E-state index in [1.165, 1.54) is 10.4 Å². The summed E-state index contributed by atoms with van der Waals surface area (Å²) in [6, 6.07) is 2.06. The minimum absolute atomic E-state index is 0.0676.